The second kappa shape index (κ2) is 3.50. The van der Waals surface area contributed by atoms with Crippen LogP contribution >= 0.6 is 0 Å². The van der Waals surface area contributed by atoms with E-state index in [1.165, 1.54) is 0 Å². The topological polar surface area (TPSA) is 38.1 Å². The van der Waals surface area contributed by atoms with Crippen LogP contribution in [0.4, 0.5) is 0 Å². The minimum atomic E-state index is 0.739. The molecule has 1 fully saturated rings. The van der Waals surface area contributed by atoms with Crippen LogP contribution in [0.1, 0.15) is 24.3 Å². The minimum Gasteiger partial charge on any atom is -0.445 e. The molecule has 72 valence electrons. The first-order chi connectivity index (χ1) is 6.29. The lowest BCUT2D eigenvalue weighted by Crippen LogP contribution is -2.43. The molecule has 0 atom stereocenters. The zero-order valence-electron chi connectivity index (χ0n) is 8.26. The van der Waals surface area contributed by atoms with E-state index in [-0.39, 0.29) is 0 Å². The molecule has 0 spiro atoms. The van der Waals surface area contributed by atoms with Gasteiger partial charge in [0.05, 0.1) is 5.69 Å². The maximum atomic E-state index is 5.63. The fraction of sp³-hybridized carbons (Fsp3) is 0.700. The Bertz CT molecular complexity index is 289. The second-order valence-corrected chi connectivity index (χ2v) is 3.70. The predicted octanol–water partition coefficient (Wildman–Crippen LogP) is 1.31. The molecule has 0 amide bonds. The molecule has 1 saturated heterocycles. The molecular weight excluding hydrogens is 164 g/mol. The Kier molecular flexibility index (Phi) is 2.36. The molecule has 2 rings (SSSR count). The van der Waals surface area contributed by atoms with Gasteiger partial charge in [0.2, 0.25) is 0 Å². The van der Waals surface area contributed by atoms with Crippen molar-refractivity contribution in [1.82, 2.24) is 10.3 Å². The SMILES string of the molecule is CCc1oc(CC2CNC2)nc1C. The highest BCUT2D eigenvalue weighted by molar-refractivity contribution is 5.08. The van der Waals surface area contributed by atoms with Crippen LogP contribution in [-0.4, -0.2) is 18.1 Å². The first-order valence-corrected chi connectivity index (χ1v) is 4.95. The van der Waals surface area contributed by atoms with E-state index in [0.717, 1.165) is 49.2 Å². The molecule has 0 aliphatic carbocycles. The number of rotatable bonds is 3. The number of nitrogens with one attached hydrogen (secondary N) is 1. The van der Waals surface area contributed by atoms with Gasteiger partial charge in [-0.15, -0.1) is 0 Å². The Labute approximate surface area is 78.5 Å². The maximum Gasteiger partial charge on any atom is 0.194 e. The quantitative estimate of drug-likeness (QED) is 0.762. The molecule has 0 aromatic carbocycles. The van der Waals surface area contributed by atoms with E-state index >= 15 is 0 Å². The molecule has 3 nitrogen and oxygen atoms in total. The number of oxazole rings is 1. The van der Waals surface area contributed by atoms with Crippen molar-refractivity contribution in [1.29, 1.82) is 0 Å². The lowest BCUT2D eigenvalue weighted by atomic mass is 10.00. The normalized spacial score (nSPS) is 17.4. The van der Waals surface area contributed by atoms with Crippen molar-refractivity contribution in [2.24, 2.45) is 5.92 Å². The van der Waals surface area contributed by atoms with Crippen molar-refractivity contribution in [3.63, 3.8) is 0 Å². The standard InChI is InChI=1S/C10H16N2O/c1-3-9-7(2)12-10(13-9)4-8-5-11-6-8/h8,11H,3-6H2,1-2H3. The largest absolute Gasteiger partial charge is 0.445 e. The van der Waals surface area contributed by atoms with Crippen LogP contribution < -0.4 is 5.32 Å². The van der Waals surface area contributed by atoms with E-state index in [9.17, 15) is 0 Å². The monoisotopic (exact) mass is 180 g/mol. The molecule has 0 unspecified atom stereocenters. The number of hydrogen-bond donors (Lipinski definition) is 1. The smallest absolute Gasteiger partial charge is 0.194 e. The fourth-order valence-corrected chi connectivity index (χ4v) is 1.64. The summed E-state index contributed by atoms with van der Waals surface area (Å²) in [7, 11) is 0. The first-order valence-electron chi connectivity index (χ1n) is 4.95. The molecule has 1 N–H and O–H groups in total. The molecule has 13 heavy (non-hydrogen) atoms. The maximum absolute atomic E-state index is 5.63. The summed E-state index contributed by atoms with van der Waals surface area (Å²) >= 11 is 0. The van der Waals surface area contributed by atoms with Crippen LogP contribution in [0.25, 0.3) is 0 Å². The van der Waals surface area contributed by atoms with Gasteiger partial charge in [-0.25, -0.2) is 4.98 Å². The second-order valence-electron chi connectivity index (χ2n) is 3.70. The first kappa shape index (κ1) is 8.75. The van der Waals surface area contributed by atoms with Crippen LogP contribution in [-0.2, 0) is 12.8 Å². The molecule has 1 aliphatic heterocycles. The van der Waals surface area contributed by atoms with Crippen molar-refractivity contribution in [2.45, 2.75) is 26.7 Å². The number of nitrogens with zero attached hydrogens (tertiary/aromatic N) is 1. The molecule has 3 heteroatoms. The van der Waals surface area contributed by atoms with Crippen molar-refractivity contribution in [3.05, 3.63) is 17.3 Å². The fourth-order valence-electron chi connectivity index (χ4n) is 1.64. The summed E-state index contributed by atoms with van der Waals surface area (Å²) < 4.78 is 5.63. The van der Waals surface area contributed by atoms with Gasteiger partial charge in [-0.05, 0) is 25.9 Å². The molecule has 1 aromatic rings. The summed E-state index contributed by atoms with van der Waals surface area (Å²) in [6.45, 7) is 6.35. The molecule has 0 bridgehead atoms. The van der Waals surface area contributed by atoms with Gasteiger partial charge in [0.25, 0.3) is 0 Å². The van der Waals surface area contributed by atoms with Gasteiger partial charge < -0.3 is 9.73 Å². The Balaban J connectivity index is 2.03. The van der Waals surface area contributed by atoms with Gasteiger partial charge in [0, 0.05) is 12.8 Å². The van der Waals surface area contributed by atoms with Gasteiger partial charge in [0.15, 0.2) is 5.89 Å². The lowest BCUT2D eigenvalue weighted by Gasteiger charge is -2.25. The van der Waals surface area contributed by atoms with E-state index in [1.54, 1.807) is 0 Å². The Hall–Kier alpha value is -0.830. The van der Waals surface area contributed by atoms with Gasteiger partial charge in [-0.3, -0.25) is 0 Å². The third-order valence-corrected chi connectivity index (χ3v) is 2.59. The number of aromatic nitrogens is 1. The highest BCUT2D eigenvalue weighted by Crippen LogP contribution is 2.16. The molecule has 0 radical (unpaired) electrons. The number of aryl methyl sites for hydroxylation is 2. The highest BCUT2D eigenvalue weighted by Gasteiger charge is 2.20. The molecular formula is C10H16N2O. The molecule has 1 aliphatic rings. The summed E-state index contributed by atoms with van der Waals surface area (Å²) in [6, 6.07) is 0. The summed E-state index contributed by atoms with van der Waals surface area (Å²) in [6.07, 6.45) is 1.94. The summed E-state index contributed by atoms with van der Waals surface area (Å²) in [4.78, 5) is 4.41. The van der Waals surface area contributed by atoms with Crippen LogP contribution in [0.15, 0.2) is 4.42 Å². The average Bonchev–Trinajstić information content (AvgIpc) is 2.39. The van der Waals surface area contributed by atoms with Gasteiger partial charge in [0.1, 0.15) is 5.76 Å². The summed E-state index contributed by atoms with van der Waals surface area (Å²) in [5.74, 6) is 2.70. The predicted molar refractivity (Wildman–Crippen MR) is 50.7 cm³/mol. The van der Waals surface area contributed by atoms with Gasteiger partial charge in [-0.2, -0.15) is 0 Å². The van der Waals surface area contributed by atoms with Crippen molar-refractivity contribution < 1.29 is 4.42 Å². The van der Waals surface area contributed by atoms with E-state index in [0.29, 0.717) is 0 Å². The van der Waals surface area contributed by atoms with Crippen molar-refractivity contribution in [3.8, 4) is 0 Å². The molecule has 1 aromatic heterocycles. The Morgan fingerprint density at radius 2 is 2.31 bits per heavy atom. The zero-order chi connectivity index (χ0) is 9.26. The van der Waals surface area contributed by atoms with Gasteiger partial charge in [-0.1, -0.05) is 6.92 Å². The van der Waals surface area contributed by atoms with Crippen LogP contribution in [0.3, 0.4) is 0 Å². The number of hydrogen-bond acceptors (Lipinski definition) is 3. The minimum absolute atomic E-state index is 0.739. The average molecular weight is 180 g/mol. The zero-order valence-corrected chi connectivity index (χ0v) is 8.26. The summed E-state index contributed by atoms with van der Waals surface area (Å²) in [5, 5.41) is 3.25. The van der Waals surface area contributed by atoms with E-state index < -0.39 is 0 Å². The van der Waals surface area contributed by atoms with Crippen LogP contribution in [0, 0.1) is 12.8 Å². The Morgan fingerprint density at radius 1 is 1.54 bits per heavy atom. The van der Waals surface area contributed by atoms with Crippen molar-refractivity contribution >= 4 is 0 Å². The van der Waals surface area contributed by atoms with E-state index in [2.05, 4.69) is 17.2 Å². The van der Waals surface area contributed by atoms with E-state index in [4.69, 9.17) is 4.42 Å². The van der Waals surface area contributed by atoms with Gasteiger partial charge >= 0.3 is 0 Å². The highest BCUT2D eigenvalue weighted by atomic mass is 16.4. The van der Waals surface area contributed by atoms with E-state index in [1.807, 2.05) is 6.92 Å². The lowest BCUT2D eigenvalue weighted by molar-refractivity contribution is 0.314. The molecule has 0 saturated carbocycles. The van der Waals surface area contributed by atoms with Crippen LogP contribution in [0.5, 0.6) is 0 Å². The van der Waals surface area contributed by atoms with Crippen molar-refractivity contribution in [2.75, 3.05) is 13.1 Å². The third kappa shape index (κ3) is 1.75. The summed E-state index contributed by atoms with van der Waals surface area (Å²) in [5.41, 5.74) is 1.06. The Morgan fingerprint density at radius 3 is 2.77 bits per heavy atom. The van der Waals surface area contributed by atoms with Crippen LogP contribution in [0.2, 0.25) is 0 Å². The third-order valence-electron chi connectivity index (χ3n) is 2.59. The molecule has 2 heterocycles.